The van der Waals surface area contributed by atoms with Crippen LogP contribution in [0.5, 0.6) is 5.75 Å². The van der Waals surface area contributed by atoms with Crippen LogP contribution in [0.1, 0.15) is 26.5 Å². The molecule has 0 saturated carbocycles. The Bertz CT molecular complexity index is 494. The predicted molar refractivity (Wildman–Crippen MR) is 86.0 cm³/mol. The van der Waals surface area contributed by atoms with Crippen molar-refractivity contribution in [2.24, 2.45) is 0 Å². The third-order valence-electron chi connectivity index (χ3n) is 2.44. The average Bonchev–Trinajstić information content (AvgIpc) is 2.29. The maximum Gasteiger partial charge on any atom is 0.410 e. The Labute approximate surface area is 138 Å². The van der Waals surface area contributed by atoms with E-state index >= 15 is 0 Å². The van der Waals surface area contributed by atoms with Gasteiger partial charge in [0.25, 0.3) is 0 Å². The van der Waals surface area contributed by atoms with Crippen molar-refractivity contribution in [2.45, 2.75) is 33.3 Å². The van der Waals surface area contributed by atoms with Crippen molar-refractivity contribution >= 4 is 33.6 Å². The molecule has 0 fully saturated rings. The summed E-state index contributed by atoms with van der Waals surface area (Å²) in [6.07, 6.45) is -0.379. The Morgan fingerprint density at radius 1 is 1.48 bits per heavy atom. The lowest BCUT2D eigenvalue weighted by Crippen LogP contribution is -2.36. The lowest BCUT2D eigenvalue weighted by molar-refractivity contribution is 0.0278. The number of aromatic nitrogens is 1. The molecule has 5 nitrogen and oxygen atoms in total. The van der Waals surface area contributed by atoms with Crippen LogP contribution in [-0.2, 0) is 4.74 Å². The van der Waals surface area contributed by atoms with E-state index in [1.54, 1.807) is 13.1 Å². The summed E-state index contributed by atoms with van der Waals surface area (Å²) in [7, 11) is 1.67. The molecule has 0 aromatic carbocycles. The number of carbonyl (C=O) groups is 1. The summed E-state index contributed by atoms with van der Waals surface area (Å²) in [6, 6.07) is 1.67. The summed E-state index contributed by atoms with van der Waals surface area (Å²) in [4.78, 5) is 17.4. The van der Waals surface area contributed by atoms with E-state index in [1.807, 2.05) is 27.7 Å². The molecule has 0 spiro atoms. The van der Waals surface area contributed by atoms with E-state index in [2.05, 4.69) is 20.9 Å². The van der Waals surface area contributed by atoms with Crippen LogP contribution in [0.4, 0.5) is 4.79 Å². The number of nitrogens with zero attached hydrogens (tertiary/aromatic N) is 2. The number of carbonyl (C=O) groups excluding carboxylic acids is 1. The van der Waals surface area contributed by atoms with Gasteiger partial charge in [-0.1, -0.05) is 11.6 Å². The SMILES string of the molecule is Cc1nc(Cl)cc(Br)c1OCCN(C)C(=O)OC(C)(C)C. The molecule has 7 heteroatoms. The highest BCUT2D eigenvalue weighted by Gasteiger charge is 2.19. The second kappa shape index (κ2) is 7.31. The molecule has 1 heterocycles. The largest absolute Gasteiger partial charge is 0.489 e. The second-order valence-corrected chi connectivity index (χ2v) is 6.83. The van der Waals surface area contributed by atoms with Gasteiger partial charge >= 0.3 is 6.09 Å². The van der Waals surface area contributed by atoms with Crippen molar-refractivity contribution in [3.8, 4) is 5.75 Å². The van der Waals surface area contributed by atoms with Crippen LogP contribution < -0.4 is 4.74 Å². The summed E-state index contributed by atoms with van der Waals surface area (Å²) >= 11 is 9.22. The van der Waals surface area contributed by atoms with Crippen LogP contribution in [-0.4, -0.2) is 41.8 Å². The first kappa shape index (κ1) is 18.0. The fourth-order valence-electron chi connectivity index (χ4n) is 1.48. The standard InChI is InChI=1S/C14H20BrClN2O3/c1-9-12(10(15)8-11(16)17-9)20-7-6-18(5)13(19)21-14(2,3)4/h8H,6-7H2,1-5H3. The van der Waals surface area contributed by atoms with Crippen LogP contribution in [0.25, 0.3) is 0 Å². The monoisotopic (exact) mass is 378 g/mol. The van der Waals surface area contributed by atoms with Gasteiger partial charge in [0.15, 0.2) is 5.75 Å². The van der Waals surface area contributed by atoms with Crippen molar-refractivity contribution in [1.82, 2.24) is 9.88 Å². The average molecular weight is 380 g/mol. The van der Waals surface area contributed by atoms with E-state index in [4.69, 9.17) is 21.1 Å². The van der Waals surface area contributed by atoms with Gasteiger partial charge in [-0.15, -0.1) is 0 Å². The minimum absolute atomic E-state index is 0.332. The van der Waals surface area contributed by atoms with E-state index in [1.165, 1.54) is 4.90 Å². The molecule has 0 radical (unpaired) electrons. The second-order valence-electron chi connectivity index (χ2n) is 5.59. The summed E-state index contributed by atoms with van der Waals surface area (Å²) in [5.41, 5.74) is 0.181. The highest BCUT2D eigenvalue weighted by atomic mass is 79.9. The van der Waals surface area contributed by atoms with Crippen LogP contribution >= 0.6 is 27.5 Å². The van der Waals surface area contributed by atoms with Gasteiger partial charge in [0, 0.05) is 7.05 Å². The zero-order valence-corrected chi connectivity index (χ0v) is 15.2. The molecule has 1 aromatic rings. The maximum absolute atomic E-state index is 11.8. The maximum atomic E-state index is 11.8. The summed E-state index contributed by atoms with van der Waals surface area (Å²) in [5, 5.41) is 0.401. The molecule has 0 saturated heterocycles. The number of likely N-dealkylation sites (N-methyl/N-ethyl adjacent to an activating group) is 1. The van der Waals surface area contributed by atoms with Crippen LogP contribution in [0.3, 0.4) is 0 Å². The quantitative estimate of drug-likeness (QED) is 0.741. The normalized spacial score (nSPS) is 11.2. The molecular formula is C14H20BrClN2O3. The van der Waals surface area contributed by atoms with Gasteiger partial charge in [-0.25, -0.2) is 9.78 Å². The zero-order chi connectivity index (χ0) is 16.2. The van der Waals surface area contributed by atoms with Crippen molar-refractivity contribution in [2.75, 3.05) is 20.2 Å². The Kier molecular flexibility index (Phi) is 6.28. The molecule has 0 aliphatic carbocycles. The van der Waals surface area contributed by atoms with Crippen LogP contribution in [0.2, 0.25) is 5.15 Å². The minimum atomic E-state index is -0.508. The lowest BCUT2D eigenvalue weighted by atomic mass is 10.2. The number of ether oxygens (including phenoxy) is 2. The van der Waals surface area contributed by atoms with Gasteiger partial charge in [-0.3, -0.25) is 0 Å². The molecule has 0 bridgehead atoms. The zero-order valence-electron chi connectivity index (χ0n) is 12.9. The third kappa shape index (κ3) is 6.09. The van der Waals surface area contributed by atoms with E-state index < -0.39 is 5.60 Å². The summed E-state index contributed by atoms with van der Waals surface area (Å²) < 4.78 is 11.6. The van der Waals surface area contributed by atoms with Gasteiger partial charge in [-0.2, -0.15) is 0 Å². The molecule has 118 valence electrons. The van der Waals surface area contributed by atoms with Crippen molar-refractivity contribution in [1.29, 1.82) is 0 Å². The predicted octanol–water partition coefficient (Wildman–Crippen LogP) is 4.05. The smallest absolute Gasteiger partial charge is 0.410 e. The third-order valence-corrected chi connectivity index (χ3v) is 3.23. The number of pyridine rings is 1. The molecule has 1 rings (SSSR count). The highest BCUT2D eigenvalue weighted by Crippen LogP contribution is 2.29. The van der Waals surface area contributed by atoms with Gasteiger partial charge in [0.1, 0.15) is 17.4 Å². The fourth-order valence-corrected chi connectivity index (χ4v) is 2.46. The van der Waals surface area contributed by atoms with Crippen molar-refractivity contribution in [3.05, 3.63) is 21.4 Å². The Balaban J connectivity index is 2.52. The summed E-state index contributed by atoms with van der Waals surface area (Å²) in [6.45, 7) is 8.03. The molecule has 0 atom stereocenters. The van der Waals surface area contributed by atoms with Crippen LogP contribution in [0.15, 0.2) is 10.5 Å². The number of hydrogen-bond donors (Lipinski definition) is 0. The Hall–Kier alpha value is -1.01. The molecule has 1 amide bonds. The Morgan fingerprint density at radius 3 is 2.62 bits per heavy atom. The van der Waals surface area contributed by atoms with Gasteiger partial charge in [0.2, 0.25) is 0 Å². The molecule has 0 aliphatic rings. The Morgan fingerprint density at radius 2 is 2.10 bits per heavy atom. The highest BCUT2D eigenvalue weighted by molar-refractivity contribution is 9.10. The topological polar surface area (TPSA) is 51.7 Å². The number of rotatable bonds is 4. The van der Waals surface area contributed by atoms with Crippen molar-refractivity contribution < 1.29 is 14.3 Å². The van der Waals surface area contributed by atoms with Gasteiger partial charge in [-0.05, 0) is 49.7 Å². The first-order chi connectivity index (χ1) is 9.60. The molecule has 0 aliphatic heterocycles. The van der Waals surface area contributed by atoms with E-state index in [0.29, 0.717) is 29.7 Å². The number of halogens is 2. The van der Waals surface area contributed by atoms with E-state index in [0.717, 1.165) is 4.47 Å². The lowest BCUT2D eigenvalue weighted by Gasteiger charge is -2.24. The summed E-state index contributed by atoms with van der Waals surface area (Å²) in [5.74, 6) is 0.622. The number of aryl methyl sites for hydroxylation is 1. The molecular weight excluding hydrogens is 360 g/mol. The first-order valence-corrected chi connectivity index (χ1v) is 7.67. The number of amides is 1. The molecule has 1 aromatic heterocycles. The van der Waals surface area contributed by atoms with E-state index in [9.17, 15) is 4.79 Å². The van der Waals surface area contributed by atoms with Gasteiger partial charge < -0.3 is 14.4 Å². The van der Waals surface area contributed by atoms with Gasteiger partial charge in [0.05, 0.1) is 16.7 Å². The molecule has 0 unspecified atom stereocenters. The minimum Gasteiger partial charge on any atom is -0.489 e. The van der Waals surface area contributed by atoms with Crippen molar-refractivity contribution in [3.63, 3.8) is 0 Å². The van der Waals surface area contributed by atoms with E-state index in [-0.39, 0.29) is 6.09 Å². The fraction of sp³-hybridized carbons (Fsp3) is 0.571. The molecule has 0 N–H and O–H groups in total. The molecule has 21 heavy (non-hydrogen) atoms. The number of hydrogen-bond acceptors (Lipinski definition) is 4. The van der Waals surface area contributed by atoms with Crippen LogP contribution in [0, 0.1) is 6.92 Å². The first-order valence-electron chi connectivity index (χ1n) is 6.49.